The van der Waals surface area contributed by atoms with Crippen LogP contribution in [0.4, 0.5) is 15.0 Å². The normalized spacial score (nSPS) is 13.2. The summed E-state index contributed by atoms with van der Waals surface area (Å²) in [6, 6.07) is 5.34. The molecular weight excluding hydrogens is 445 g/mol. The summed E-state index contributed by atoms with van der Waals surface area (Å²) in [7, 11) is 0. The Labute approximate surface area is 196 Å². The Bertz CT molecular complexity index is 1190. The molecule has 0 aliphatic heterocycles. The highest BCUT2D eigenvalue weighted by Gasteiger charge is 2.19. The van der Waals surface area contributed by atoms with E-state index in [1.165, 1.54) is 28.9 Å². The van der Waals surface area contributed by atoms with E-state index >= 15 is 0 Å². The number of hydrogen-bond donors (Lipinski definition) is 3. The summed E-state index contributed by atoms with van der Waals surface area (Å²) in [5.41, 5.74) is 0.0657. The van der Waals surface area contributed by atoms with Gasteiger partial charge in [-0.2, -0.15) is 5.10 Å². The molecule has 0 saturated heterocycles. The first-order chi connectivity index (χ1) is 15.9. The van der Waals surface area contributed by atoms with E-state index in [2.05, 4.69) is 20.7 Å². The number of halogens is 1. The Morgan fingerprint density at radius 2 is 1.97 bits per heavy atom. The lowest BCUT2D eigenvalue weighted by Gasteiger charge is -2.23. The molecule has 2 atom stereocenters. The maximum atomic E-state index is 14.1. The molecule has 0 fully saturated rings. The molecule has 0 aliphatic rings. The largest absolute Gasteiger partial charge is 0.489 e. The molecule has 3 aromatic rings. The molecule has 10 nitrogen and oxygen atoms in total. The molecule has 34 heavy (non-hydrogen) atoms. The van der Waals surface area contributed by atoms with Crippen LogP contribution in [-0.4, -0.2) is 50.0 Å². The predicted molar refractivity (Wildman–Crippen MR) is 123 cm³/mol. The number of alkyl carbamates (subject to hydrolysis) is 1. The van der Waals surface area contributed by atoms with E-state index in [0.29, 0.717) is 17.1 Å². The summed E-state index contributed by atoms with van der Waals surface area (Å²) >= 11 is 0. The molecule has 0 bridgehead atoms. The Kier molecular flexibility index (Phi) is 7.23. The Balaban J connectivity index is 1.72. The number of hydrogen-bond acceptors (Lipinski definition) is 7. The van der Waals surface area contributed by atoms with Crippen LogP contribution in [0.3, 0.4) is 0 Å². The summed E-state index contributed by atoms with van der Waals surface area (Å²) in [4.78, 5) is 27.6. The van der Waals surface area contributed by atoms with Gasteiger partial charge in [0.05, 0.1) is 18.8 Å². The van der Waals surface area contributed by atoms with E-state index in [0.717, 1.165) is 0 Å². The van der Waals surface area contributed by atoms with Crippen molar-refractivity contribution in [2.45, 2.75) is 52.4 Å². The Morgan fingerprint density at radius 1 is 1.24 bits per heavy atom. The molecule has 0 aliphatic carbocycles. The minimum Gasteiger partial charge on any atom is -0.489 e. The molecule has 2 aromatic heterocycles. The van der Waals surface area contributed by atoms with Gasteiger partial charge < -0.3 is 25.2 Å². The van der Waals surface area contributed by atoms with Crippen molar-refractivity contribution in [2.24, 2.45) is 0 Å². The second-order valence-corrected chi connectivity index (χ2v) is 8.80. The number of amides is 1. The molecular formula is C23H28FN5O5. The molecule has 3 rings (SSSR count). The van der Waals surface area contributed by atoms with Gasteiger partial charge in [-0.15, -0.1) is 0 Å². The van der Waals surface area contributed by atoms with Crippen LogP contribution in [0, 0.1) is 5.82 Å². The average molecular weight is 474 g/mol. The highest BCUT2D eigenvalue weighted by atomic mass is 19.1. The minimum atomic E-state index is -1.14. The smallest absolute Gasteiger partial charge is 0.407 e. The summed E-state index contributed by atoms with van der Waals surface area (Å²) in [6.45, 7) is 9.07. The summed E-state index contributed by atoms with van der Waals surface area (Å²) in [5.74, 6) is -0.764. The Hall–Kier alpha value is -3.89. The molecule has 3 N–H and O–H groups in total. The van der Waals surface area contributed by atoms with Crippen molar-refractivity contribution in [3.63, 3.8) is 0 Å². The third-order valence-electron chi connectivity index (χ3n) is 4.66. The lowest BCUT2D eigenvalue weighted by atomic mass is 10.1. The van der Waals surface area contributed by atoms with Crippen LogP contribution in [0.5, 0.6) is 5.75 Å². The maximum absolute atomic E-state index is 14.1. The van der Waals surface area contributed by atoms with Gasteiger partial charge in [0.15, 0.2) is 5.65 Å². The van der Waals surface area contributed by atoms with Crippen LogP contribution in [0.2, 0.25) is 0 Å². The lowest BCUT2D eigenvalue weighted by Crippen LogP contribution is -2.37. The van der Waals surface area contributed by atoms with Gasteiger partial charge in [-0.25, -0.2) is 23.5 Å². The van der Waals surface area contributed by atoms with Crippen molar-refractivity contribution >= 4 is 23.5 Å². The number of anilines is 1. The highest BCUT2D eigenvalue weighted by Crippen LogP contribution is 2.29. The first-order valence-corrected chi connectivity index (χ1v) is 10.7. The molecule has 1 amide bonds. The van der Waals surface area contributed by atoms with Crippen LogP contribution < -0.4 is 15.4 Å². The number of carboxylic acid groups (broad SMARTS) is 1. The van der Waals surface area contributed by atoms with Gasteiger partial charge in [-0.1, -0.05) is 0 Å². The van der Waals surface area contributed by atoms with Crippen molar-refractivity contribution < 1.29 is 28.6 Å². The highest BCUT2D eigenvalue weighted by molar-refractivity contribution is 5.94. The van der Waals surface area contributed by atoms with Gasteiger partial charge in [-0.3, -0.25) is 0 Å². The Morgan fingerprint density at radius 3 is 2.65 bits per heavy atom. The monoisotopic (exact) mass is 473 g/mol. The van der Waals surface area contributed by atoms with Crippen LogP contribution in [-0.2, 0) is 4.74 Å². The van der Waals surface area contributed by atoms with E-state index in [-0.39, 0.29) is 17.8 Å². The third-order valence-corrected chi connectivity index (χ3v) is 4.66. The summed E-state index contributed by atoms with van der Waals surface area (Å²) in [6.07, 6.45) is 1.82. The molecule has 2 heterocycles. The zero-order valence-electron chi connectivity index (χ0n) is 19.6. The van der Waals surface area contributed by atoms with Crippen LogP contribution in [0.15, 0.2) is 36.7 Å². The van der Waals surface area contributed by atoms with E-state index in [1.807, 2.05) is 0 Å². The molecule has 1 aromatic carbocycles. The van der Waals surface area contributed by atoms with Gasteiger partial charge >= 0.3 is 12.1 Å². The second-order valence-electron chi connectivity index (χ2n) is 8.80. The van der Waals surface area contributed by atoms with Crippen molar-refractivity contribution in [2.75, 3.05) is 11.9 Å². The SMILES string of the molecule is C[C@@H](CNC(=O)OC(C)(C)C)Oc1ccc(F)cc1[C@@H](C)Nc1ccn2ncc(C(=O)O)c2n1. The van der Waals surface area contributed by atoms with Gasteiger partial charge in [0, 0.05) is 11.8 Å². The molecule has 0 spiro atoms. The number of ether oxygens (including phenoxy) is 2. The number of carboxylic acids is 1. The van der Waals surface area contributed by atoms with Crippen molar-refractivity contribution in [3.8, 4) is 5.75 Å². The van der Waals surface area contributed by atoms with Crippen molar-refractivity contribution in [1.82, 2.24) is 19.9 Å². The number of nitrogens with zero attached hydrogens (tertiary/aromatic N) is 3. The van der Waals surface area contributed by atoms with E-state index in [1.54, 1.807) is 46.9 Å². The number of nitrogens with one attached hydrogen (secondary N) is 2. The fourth-order valence-electron chi connectivity index (χ4n) is 3.16. The number of fused-ring (bicyclic) bond motifs is 1. The summed E-state index contributed by atoms with van der Waals surface area (Å²) in [5, 5.41) is 19.1. The minimum absolute atomic E-state index is 0.0302. The van der Waals surface area contributed by atoms with Crippen LogP contribution >= 0.6 is 0 Å². The van der Waals surface area contributed by atoms with Gasteiger partial charge in [-0.05, 0) is 58.9 Å². The van der Waals surface area contributed by atoms with E-state index in [9.17, 15) is 19.1 Å². The number of rotatable bonds is 8. The first-order valence-electron chi connectivity index (χ1n) is 10.7. The molecule has 0 saturated carbocycles. The quantitative estimate of drug-likeness (QED) is 0.448. The second kappa shape index (κ2) is 9.94. The molecule has 0 radical (unpaired) electrons. The van der Waals surface area contributed by atoms with Crippen LogP contribution in [0.1, 0.15) is 56.6 Å². The van der Waals surface area contributed by atoms with Crippen LogP contribution in [0.25, 0.3) is 5.65 Å². The fraction of sp³-hybridized carbons (Fsp3) is 0.391. The summed E-state index contributed by atoms with van der Waals surface area (Å²) < 4.78 is 26.6. The number of carbonyl (C=O) groups excluding carboxylic acids is 1. The molecule has 0 unspecified atom stereocenters. The zero-order chi connectivity index (χ0) is 25.0. The van der Waals surface area contributed by atoms with Crippen molar-refractivity contribution in [1.29, 1.82) is 0 Å². The van der Waals surface area contributed by atoms with Gasteiger partial charge in [0.25, 0.3) is 0 Å². The van der Waals surface area contributed by atoms with E-state index < -0.39 is 35.6 Å². The van der Waals surface area contributed by atoms with Gasteiger partial charge in [0.1, 0.15) is 34.7 Å². The predicted octanol–water partition coefficient (Wildman–Crippen LogP) is 4.03. The first kappa shape index (κ1) is 24.7. The lowest BCUT2D eigenvalue weighted by molar-refractivity contribution is 0.0504. The fourth-order valence-corrected chi connectivity index (χ4v) is 3.16. The van der Waals surface area contributed by atoms with Gasteiger partial charge in [0.2, 0.25) is 0 Å². The number of carbonyl (C=O) groups is 2. The number of aromatic carboxylic acids is 1. The average Bonchev–Trinajstić information content (AvgIpc) is 3.16. The number of aromatic nitrogens is 3. The number of benzene rings is 1. The zero-order valence-corrected chi connectivity index (χ0v) is 19.6. The van der Waals surface area contributed by atoms with E-state index in [4.69, 9.17) is 9.47 Å². The van der Waals surface area contributed by atoms with Crippen molar-refractivity contribution in [3.05, 3.63) is 53.6 Å². The third kappa shape index (κ3) is 6.33. The maximum Gasteiger partial charge on any atom is 0.407 e. The standard InChI is InChI=1S/C23H28FN5O5/c1-13(11-25-22(32)34-23(3,4)5)33-18-7-6-15(24)10-16(18)14(2)27-19-8-9-29-20(28-19)17(12-26-29)21(30)31/h6-10,12-14H,11H2,1-5H3,(H,25,32)(H,27,28)(H,30,31)/t13-,14+/m0/s1. The molecule has 182 valence electrons. The topological polar surface area (TPSA) is 127 Å². The molecule has 11 heteroatoms.